The van der Waals surface area contributed by atoms with Gasteiger partial charge in [-0.3, -0.25) is 4.79 Å². The zero-order valence-electron chi connectivity index (χ0n) is 11.2. The van der Waals surface area contributed by atoms with Gasteiger partial charge in [-0.2, -0.15) is 0 Å². The van der Waals surface area contributed by atoms with E-state index in [1.54, 1.807) is 24.3 Å². The van der Waals surface area contributed by atoms with Crippen molar-refractivity contribution >= 4 is 21.5 Å². The van der Waals surface area contributed by atoms with Crippen LogP contribution in [0.15, 0.2) is 29.2 Å². The van der Waals surface area contributed by atoms with Crippen molar-refractivity contribution in [3.8, 4) is 0 Å². The van der Waals surface area contributed by atoms with Crippen molar-refractivity contribution in [2.45, 2.75) is 17.4 Å². The SMILES string of the molecule is CS(=O)(=O)c1ccccc1N1CCOC(CC(=O)O)C1. The second-order valence-electron chi connectivity index (χ2n) is 4.78. The molecule has 0 bridgehead atoms. The van der Waals surface area contributed by atoms with Gasteiger partial charge in [0.15, 0.2) is 9.84 Å². The van der Waals surface area contributed by atoms with E-state index in [2.05, 4.69) is 0 Å². The summed E-state index contributed by atoms with van der Waals surface area (Å²) in [6.07, 6.45) is 0.660. The molecule has 1 aliphatic rings. The van der Waals surface area contributed by atoms with Crippen LogP contribution in [0.25, 0.3) is 0 Å². The van der Waals surface area contributed by atoms with Gasteiger partial charge < -0.3 is 14.7 Å². The first kappa shape index (κ1) is 14.8. The van der Waals surface area contributed by atoms with Crippen LogP contribution in [-0.4, -0.2) is 51.5 Å². The van der Waals surface area contributed by atoms with Crippen molar-refractivity contribution in [1.29, 1.82) is 0 Å². The highest BCUT2D eigenvalue weighted by molar-refractivity contribution is 7.90. The molecule has 0 saturated carbocycles. The number of para-hydroxylation sites is 1. The molecule has 0 aromatic heterocycles. The fourth-order valence-electron chi connectivity index (χ4n) is 2.29. The van der Waals surface area contributed by atoms with Gasteiger partial charge in [0, 0.05) is 19.3 Å². The van der Waals surface area contributed by atoms with Crippen molar-refractivity contribution in [3.05, 3.63) is 24.3 Å². The normalized spacial score (nSPS) is 19.9. The highest BCUT2D eigenvalue weighted by atomic mass is 32.2. The van der Waals surface area contributed by atoms with E-state index in [1.807, 2.05) is 4.90 Å². The minimum absolute atomic E-state index is 0.0858. The van der Waals surface area contributed by atoms with Crippen molar-refractivity contribution in [2.75, 3.05) is 30.9 Å². The van der Waals surface area contributed by atoms with Crippen LogP contribution >= 0.6 is 0 Å². The Labute approximate surface area is 117 Å². The number of sulfone groups is 1. The monoisotopic (exact) mass is 299 g/mol. The highest BCUT2D eigenvalue weighted by Gasteiger charge is 2.25. The third kappa shape index (κ3) is 3.49. The lowest BCUT2D eigenvalue weighted by Gasteiger charge is -2.34. The van der Waals surface area contributed by atoms with Gasteiger partial charge >= 0.3 is 5.97 Å². The molecular formula is C13H17NO5S. The number of anilines is 1. The molecule has 0 radical (unpaired) electrons. The number of ether oxygens (including phenoxy) is 1. The minimum Gasteiger partial charge on any atom is -0.481 e. The second-order valence-corrected chi connectivity index (χ2v) is 6.76. The number of hydrogen-bond acceptors (Lipinski definition) is 5. The Kier molecular flexibility index (Phi) is 4.29. The molecule has 1 fully saturated rings. The zero-order valence-corrected chi connectivity index (χ0v) is 12.0. The average molecular weight is 299 g/mol. The summed E-state index contributed by atoms with van der Waals surface area (Å²) in [5.74, 6) is -0.923. The lowest BCUT2D eigenvalue weighted by atomic mass is 10.2. The summed E-state index contributed by atoms with van der Waals surface area (Å²) in [5, 5.41) is 8.81. The number of benzene rings is 1. The Morgan fingerprint density at radius 2 is 2.15 bits per heavy atom. The maximum atomic E-state index is 11.8. The Balaban J connectivity index is 2.25. The summed E-state index contributed by atoms with van der Waals surface area (Å²) >= 11 is 0. The molecule has 1 heterocycles. The lowest BCUT2D eigenvalue weighted by Crippen LogP contribution is -2.43. The highest BCUT2D eigenvalue weighted by Crippen LogP contribution is 2.26. The maximum absolute atomic E-state index is 11.8. The van der Waals surface area contributed by atoms with Crippen LogP contribution in [0.3, 0.4) is 0 Å². The van der Waals surface area contributed by atoms with Gasteiger partial charge in [0.1, 0.15) is 0 Å². The van der Waals surface area contributed by atoms with E-state index in [4.69, 9.17) is 9.84 Å². The van der Waals surface area contributed by atoms with Crippen LogP contribution in [0.1, 0.15) is 6.42 Å². The summed E-state index contributed by atoms with van der Waals surface area (Å²) < 4.78 is 29.0. The van der Waals surface area contributed by atoms with Crippen LogP contribution in [0.2, 0.25) is 0 Å². The Morgan fingerprint density at radius 3 is 2.80 bits per heavy atom. The van der Waals surface area contributed by atoms with E-state index in [9.17, 15) is 13.2 Å². The van der Waals surface area contributed by atoms with E-state index in [-0.39, 0.29) is 11.3 Å². The number of carboxylic acids is 1. The summed E-state index contributed by atoms with van der Waals surface area (Å²) in [4.78, 5) is 12.9. The number of rotatable bonds is 4. The standard InChI is InChI=1S/C13H17NO5S/c1-20(17,18)12-5-3-2-4-11(12)14-6-7-19-10(9-14)8-13(15)16/h2-5,10H,6-9H2,1H3,(H,15,16). The van der Waals surface area contributed by atoms with Crippen molar-refractivity contribution in [1.82, 2.24) is 0 Å². The van der Waals surface area contributed by atoms with Crippen molar-refractivity contribution in [3.63, 3.8) is 0 Å². The predicted octanol–water partition coefficient (Wildman–Crippen LogP) is 0.770. The first-order chi connectivity index (χ1) is 9.38. The summed E-state index contributed by atoms with van der Waals surface area (Å²) in [6.45, 7) is 1.30. The van der Waals surface area contributed by atoms with E-state index in [0.29, 0.717) is 25.4 Å². The maximum Gasteiger partial charge on any atom is 0.306 e. The zero-order chi connectivity index (χ0) is 14.8. The molecule has 0 spiro atoms. The van der Waals surface area contributed by atoms with E-state index in [0.717, 1.165) is 0 Å². The van der Waals surface area contributed by atoms with Crippen LogP contribution in [0.4, 0.5) is 5.69 Å². The molecule has 1 aliphatic heterocycles. The molecule has 0 amide bonds. The van der Waals surface area contributed by atoms with Gasteiger partial charge in [0.2, 0.25) is 0 Å². The average Bonchev–Trinajstić information content (AvgIpc) is 2.37. The second kappa shape index (κ2) is 5.80. The van der Waals surface area contributed by atoms with Gasteiger partial charge in [-0.25, -0.2) is 8.42 Å². The molecule has 1 N–H and O–H groups in total. The lowest BCUT2D eigenvalue weighted by molar-refractivity contribution is -0.140. The van der Waals surface area contributed by atoms with Gasteiger partial charge in [-0.1, -0.05) is 12.1 Å². The molecular weight excluding hydrogens is 282 g/mol. The Bertz CT molecular complexity index is 599. The molecule has 20 heavy (non-hydrogen) atoms. The molecule has 1 aromatic carbocycles. The number of carboxylic acid groups (broad SMARTS) is 1. The van der Waals surface area contributed by atoms with Crippen molar-refractivity contribution in [2.24, 2.45) is 0 Å². The van der Waals surface area contributed by atoms with Gasteiger partial charge in [-0.15, -0.1) is 0 Å². The first-order valence-corrected chi connectivity index (χ1v) is 8.14. The van der Waals surface area contributed by atoms with Gasteiger partial charge in [-0.05, 0) is 12.1 Å². The summed E-state index contributed by atoms with van der Waals surface area (Å²) in [6, 6.07) is 6.74. The fraction of sp³-hybridized carbons (Fsp3) is 0.462. The molecule has 1 aromatic rings. The fourth-order valence-corrected chi connectivity index (χ4v) is 3.19. The number of hydrogen-bond donors (Lipinski definition) is 1. The number of morpholine rings is 1. The van der Waals surface area contributed by atoms with Gasteiger partial charge in [0.05, 0.1) is 29.7 Å². The molecule has 7 heteroatoms. The number of aliphatic carboxylic acids is 1. The molecule has 2 rings (SSSR count). The third-order valence-corrected chi connectivity index (χ3v) is 4.29. The molecule has 1 saturated heterocycles. The molecule has 1 unspecified atom stereocenters. The molecule has 110 valence electrons. The predicted molar refractivity (Wildman–Crippen MR) is 73.8 cm³/mol. The van der Waals surface area contributed by atoms with E-state index < -0.39 is 21.9 Å². The quantitative estimate of drug-likeness (QED) is 0.884. The minimum atomic E-state index is -3.32. The molecule has 1 atom stereocenters. The van der Waals surface area contributed by atoms with Gasteiger partial charge in [0.25, 0.3) is 0 Å². The number of nitrogens with zero attached hydrogens (tertiary/aromatic N) is 1. The summed E-state index contributed by atoms with van der Waals surface area (Å²) in [5.41, 5.74) is 0.605. The van der Waals surface area contributed by atoms with Crippen LogP contribution in [0, 0.1) is 0 Å². The Morgan fingerprint density at radius 1 is 1.45 bits per heavy atom. The van der Waals surface area contributed by atoms with Crippen LogP contribution in [-0.2, 0) is 19.4 Å². The molecule has 0 aliphatic carbocycles. The van der Waals surface area contributed by atoms with Crippen LogP contribution in [0.5, 0.6) is 0 Å². The first-order valence-electron chi connectivity index (χ1n) is 6.25. The summed E-state index contributed by atoms with van der Waals surface area (Å²) in [7, 11) is -3.32. The number of carbonyl (C=O) groups is 1. The van der Waals surface area contributed by atoms with E-state index in [1.165, 1.54) is 6.26 Å². The van der Waals surface area contributed by atoms with Crippen molar-refractivity contribution < 1.29 is 23.1 Å². The third-order valence-electron chi connectivity index (χ3n) is 3.15. The Hall–Kier alpha value is -1.60. The topological polar surface area (TPSA) is 83.9 Å². The molecule has 6 nitrogen and oxygen atoms in total. The smallest absolute Gasteiger partial charge is 0.306 e. The van der Waals surface area contributed by atoms with Crippen LogP contribution < -0.4 is 4.90 Å². The largest absolute Gasteiger partial charge is 0.481 e. The van der Waals surface area contributed by atoms with E-state index >= 15 is 0 Å².